The lowest BCUT2D eigenvalue weighted by molar-refractivity contribution is 0.300. The molecule has 3 rings (SSSR count). The molecule has 2 atom stereocenters. The molecule has 0 saturated carbocycles. The van der Waals surface area contributed by atoms with Crippen LogP contribution in [0.2, 0.25) is 0 Å². The van der Waals surface area contributed by atoms with Crippen molar-refractivity contribution < 1.29 is 4.74 Å². The van der Waals surface area contributed by atoms with Gasteiger partial charge in [0.1, 0.15) is 5.75 Å². The Labute approximate surface area is 128 Å². The minimum Gasteiger partial charge on any atom is -0.496 e. The summed E-state index contributed by atoms with van der Waals surface area (Å²) in [6, 6.07) is 2.73. The highest BCUT2D eigenvalue weighted by atomic mass is 16.5. The van der Waals surface area contributed by atoms with E-state index in [1.54, 1.807) is 11.1 Å². The summed E-state index contributed by atoms with van der Waals surface area (Å²) in [6.07, 6.45) is 6.24. The molecule has 116 valence electrons. The average Bonchev–Trinajstić information content (AvgIpc) is 2.88. The maximum Gasteiger partial charge on any atom is 0.124 e. The predicted molar refractivity (Wildman–Crippen MR) is 86.9 cm³/mol. The fourth-order valence-electron chi connectivity index (χ4n) is 4.30. The number of methoxy groups -OCH3 is 1. The van der Waals surface area contributed by atoms with Crippen LogP contribution in [0.1, 0.15) is 47.6 Å². The van der Waals surface area contributed by atoms with E-state index in [-0.39, 0.29) is 0 Å². The van der Waals surface area contributed by atoms with E-state index in [1.807, 2.05) is 7.11 Å². The van der Waals surface area contributed by atoms with Gasteiger partial charge in [-0.2, -0.15) is 0 Å². The smallest absolute Gasteiger partial charge is 0.124 e. The SMILES string of the molecule is COc1cc(C)c2c(c1C1CC(CN)CN1C)CCCC2. The van der Waals surface area contributed by atoms with E-state index in [9.17, 15) is 0 Å². The highest BCUT2D eigenvalue weighted by Crippen LogP contribution is 2.44. The standard InChI is InChI=1S/C18H28N2O/c1-12-8-17(21-3)18(15-7-5-4-6-14(12)15)16-9-13(10-19)11-20(16)2/h8,13,16H,4-7,9-11,19H2,1-3H3. The van der Waals surface area contributed by atoms with Gasteiger partial charge in [0, 0.05) is 18.2 Å². The first kappa shape index (κ1) is 14.9. The number of nitrogens with two attached hydrogens (primary N) is 1. The van der Waals surface area contributed by atoms with Crippen molar-refractivity contribution in [1.29, 1.82) is 0 Å². The zero-order valence-electron chi connectivity index (χ0n) is 13.6. The van der Waals surface area contributed by atoms with E-state index in [0.717, 1.165) is 18.8 Å². The Kier molecular flexibility index (Phi) is 4.23. The normalized spacial score (nSPS) is 25.9. The van der Waals surface area contributed by atoms with Gasteiger partial charge in [0.05, 0.1) is 7.11 Å². The molecule has 1 heterocycles. The molecule has 1 fully saturated rings. The van der Waals surface area contributed by atoms with Gasteiger partial charge in [0.25, 0.3) is 0 Å². The molecular weight excluding hydrogens is 260 g/mol. The second-order valence-electron chi connectivity index (χ2n) is 6.77. The number of hydrogen-bond donors (Lipinski definition) is 1. The highest BCUT2D eigenvalue weighted by Gasteiger charge is 2.34. The Hall–Kier alpha value is -1.06. The topological polar surface area (TPSA) is 38.5 Å². The second-order valence-corrected chi connectivity index (χ2v) is 6.77. The Morgan fingerprint density at radius 3 is 2.62 bits per heavy atom. The van der Waals surface area contributed by atoms with Crippen LogP contribution >= 0.6 is 0 Å². The molecule has 2 unspecified atom stereocenters. The van der Waals surface area contributed by atoms with E-state index in [1.165, 1.54) is 43.2 Å². The minimum absolute atomic E-state index is 0.473. The molecule has 2 N–H and O–H groups in total. The van der Waals surface area contributed by atoms with Crippen LogP contribution in [0.25, 0.3) is 0 Å². The summed E-state index contributed by atoms with van der Waals surface area (Å²) >= 11 is 0. The molecule has 1 saturated heterocycles. The number of aryl methyl sites for hydroxylation is 1. The average molecular weight is 288 g/mol. The van der Waals surface area contributed by atoms with Gasteiger partial charge in [-0.25, -0.2) is 0 Å². The zero-order chi connectivity index (χ0) is 15.0. The van der Waals surface area contributed by atoms with Gasteiger partial charge in [-0.3, -0.25) is 4.90 Å². The zero-order valence-corrected chi connectivity index (χ0v) is 13.6. The number of rotatable bonds is 3. The van der Waals surface area contributed by atoms with E-state index < -0.39 is 0 Å². The summed E-state index contributed by atoms with van der Waals surface area (Å²) < 4.78 is 5.76. The lowest BCUT2D eigenvalue weighted by Crippen LogP contribution is -2.22. The summed E-state index contributed by atoms with van der Waals surface area (Å²) in [5.74, 6) is 1.70. The van der Waals surface area contributed by atoms with Crippen molar-refractivity contribution in [3.63, 3.8) is 0 Å². The molecule has 1 aliphatic carbocycles. The van der Waals surface area contributed by atoms with Gasteiger partial charge < -0.3 is 10.5 Å². The third-order valence-electron chi connectivity index (χ3n) is 5.40. The molecular formula is C18H28N2O. The van der Waals surface area contributed by atoms with E-state index in [4.69, 9.17) is 10.5 Å². The molecule has 2 aliphatic rings. The van der Waals surface area contributed by atoms with Gasteiger partial charge in [-0.15, -0.1) is 0 Å². The van der Waals surface area contributed by atoms with Crippen molar-refractivity contribution in [2.24, 2.45) is 11.7 Å². The molecule has 0 bridgehead atoms. The van der Waals surface area contributed by atoms with Crippen LogP contribution in [0, 0.1) is 12.8 Å². The van der Waals surface area contributed by atoms with Crippen LogP contribution < -0.4 is 10.5 Å². The molecule has 1 aromatic rings. The third-order valence-corrected chi connectivity index (χ3v) is 5.40. The van der Waals surface area contributed by atoms with Crippen LogP contribution in [0.4, 0.5) is 0 Å². The van der Waals surface area contributed by atoms with Crippen molar-refractivity contribution in [1.82, 2.24) is 4.90 Å². The minimum atomic E-state index is 0.473. The lowest BCUT2D eigenvalue weighted by Gasteiger charge is -2.29. The molecule has 3 heteroatoms. The lowest BCUT2D eigenvalue weighted by atomic mass is 9.82. The van der Waals surface area contributed by atoms with Gasteiger partial charge >= 0.3 is 0 Å². The quantitative estimate of drug-likeness (QED) is 0.929. The molecule has 0 aromatic heterocycles. The Balaban J connectivity index is 2.08. The predicted octanol–water partition coefficient (Wildman–Crippen LogP) is 2.83. The van der Waals surface area contributed by atoms with Crippen molar-refractivity contribution in [2.75, 3.05) is 27.2 Å². The first-order valence-electron chi connectivity index (χ1n) is 8.25. The molecule has 1 aliphatic heterocycles. The molecule has 21 heavy (non-hydrogen) atoms. The van der Waals surface area contributed by atoms with Crippen molar-refractivity contribution in [3.8, 4) is 5.75 Å². The van der Waals surface area contributed by atoms with E-state index in [2.05, 4.69) is 24.9 Å². The number of likely N-dealkylation sites (tertiary alicyclic amines) is 1. The number of nitrogens with zero attached hydrogens (tertiary/aromatic N) is 1. The molecule has 0 amide bonds. The molecule has 3 nitrogen and oxygen atoms in total. The second kappa shape index (κ2) is 5.98. The molecule has 1 aromatic carbocycles. The van der Waals surface area contributed by atoms with Crippen LogP contribution in [-0.4, -0.2) is 32.1 Å². The Bertz CT molecular complexity index is 526. The summed E-state index contributed by atoms with van der Waals surface area (Å²) in [4.78, 5) is 2.47. The maximum absolute atomic E-state index is 5.91. The Morgan fingerprint density at radius 2 is 2.00 bits per heavy atom. The number of ether oxygens (including phenoxy) is 1. The van der Waals surface area contributed by atoms with Crippen LogP contribution in [0.3, 0.4) is 0 Å². The maximum atomic E-state index is 5.91. The fraction of sp³-hybridized carbons (Fsp3) is 0.667. The van der Waals surface area contributed by atoms with Crippen molar-refractivity contribution in [3.05, 3.63) is 28.3 Å². The van der Waals surface area contributed by atoms with Crippen LogP contribution in [-0.2, 0) is 12.8 Å². The summed E-state index contributed by atoms with van der Waals surface area (Å²) in [7, 11) is 4.04. The van der Waals surface area contributed by atoms with Gasteiger partial charge in [0.2, 0.25) is 0 Å². The molecule has 0 spiro atoms. The van der Waals surface area contributed by atoms with Gasteiger partial charge in [-0.05, 0) is 81.3 Å². The van der Waals surface area contributed by atoms with Crippen molar-refractivity contribution in [2.45, 2.75) is 45.1 Å². The van der Waals surface area contributed by atoms with Crippen LogP contribution in [0.5, 0.6) is 5.75 Å². The van der Waals surface area contributed by atoms with Crippen molar-refractivity contribution >= 4 is 0 Å². The summed E-state index contributed by atoms with van der Waals surface area (Å²) in [6.45, 7) is 4.13. The number of fused-ring (bicyclic) bond motifs is 1. The van der Waals surface area contributed by atoms with Crippen LogP contribution in [0.15, 0.2) is 6.07 Å². The van der Waals surface area contributed by atoms with E-state index in [0.29, 0.717) is 12.0 Å². The van der Waals surface area contributed by atoms with E-state index >= 15 is 0 Å². The Morgan fingerprint density at radius 1 is 1.29 bits per heavy atom. The fourth-order valence-corrected chi connectivity index (χ4v) is 4.30. The summed E-state index contributed by atoms with van der Waals surface area (Å²) in [5, 5.41) is 0. The largest absolute Gasteiger partial charge is 0.496 e. The first-order valence-corrected chi connectivity index (χ1v) is 8.25. The highest BCUT2D eigenvalue weighted by molar-refractivity contribution is 5.52. The monoisotopic (exact) mass is 288 g/mol. The first-order chi connectivity index (χ1) is 10.2. The number of hydrogen-bond acceptors (Lipinski definition) is 3. The number of benzene rings is 1. The third kappa shape index (κ3) is 2.58. The van der Waals surface area contributed by atoms with Gasteiger partial charge in [0.15, 0.2) is 0 Å². The molecule has 0 radical (unpaired) electrons. The summed E-state index contributed by atoms with van der Waals surface area (Å²) in [5.41, 5.74) is 11.9. The van der Waals surface area contributed by atoms with Gasteiger partial charge in [-0.1, -0.05) is 0 Å².